The van der Waals surface area contributed by atoms with Crippen molar-refractivity contribution in [2.45, 2.75) is 24.3 Å². The Morgan fingerprint density at radius 3 is 2.62 bits per heavy atom. The molecule has 16 heavy (non-hydrogen) atoms. The van der Waals surface area contributed by atoms with E-state index in [0.29, 0.717) is 0 Å². The predicted octanol–water partition coefficient (Wildman–Crippen LogP) is 0.0650. The topological polar surface area (TPSA) is 79.0 Å². The third kappa shape index (κ3) is 2.72. The van der Waals surface area contributed by atoms with Crippen molar-refractivity contribution in [2.24, 2.45) is 0 Å². The fourth-order valence-electron chi connectivity index (χ4n) is 1.03. The average molecular weight is 240 g/mol. The summed E-state index contributed by atoms with van der Waals surface area (Å²) < 4.78 is 25.9. The van der Waals surface area contributed by atoms with Crippen molar-refractivity contribution in [1.82, 2.24) is 9.71 Å². The molecule has 1 aromatic heterocycles. The van der Waals surface area contributed by atoms with Crippen molar-refractivity contribution in [3.05, 3.63) is 28.7 Å². The van der Waals surface area contributed by atoms with Gasteiger partial charge in [0.05, 0.1) is 5.54 Å². The van der Waals surface area contributed by atoms with Crippen LogP contribution in [0.2, 0.25) is 0 Å². The predicted molar refractivity (Wildman–Crippen MR) is 60.3 cm³/mol. The molecule has 86 valence electrons. The highest BCUT2D eigenvalue weighted by atomic mass is 32.2. The van der Waals surface area contributed by atoms with Gasteiger partial charge in [0.2, 0.25) is 15.5 Å². The van der Waals surface area contributed by atoms with Crippen LogP contribution >= 0.6 is 0 Å². The fourth-order valence-corrected chi connectivity index (χ4v) is 2.43. The fraction of sp³-hybridized carbons (Fsp3) is 0.300. The van der Waals surface area contributed by atoms with Crippen LogP contribution in [0.1, 0.15) is 13.8 Å². The van der Waals surface area contributed by atoms with E-state index in [0.717, 1.165) is 12.3 Å². The molecule has 0 unspecified atom stereocenters. The summed E-state index contributed by atoms with van der Waals surface area (Å²) in [7, 11) is -3.90. The zero-order chi connectivity index (χ0) is 12.4. The molecule has 1 rings (SSSR count). The average Bonchev–Trinajstić information content (AvgIpc) is 2.16. The standard InChI is InChI=1S/C10H12N2O3S/c1-4-10(2,3)12-16(14,15)9-7-11-6-5-8(9)13/h1,5-7,12H,2-3H3,(H,11,13). The summed E-state index contributed by atoms with van der Waals surface area (Å²) in [5.41, 5.74) is -1.62. The molecule has 0 bridgehead atoms. The van der Waals surface area contributed by atoms with Gasteiger partial charge in [-0.1, -0.05) is 5.92 Å². The number of sulfonamides is 1. The lowest BCUT2D eigenvalue weighted by Crippen LogP contribution is -2.43. The van der Waals surface area contributed by atoms with E-state index < -0.39 is 21.0 Å². The minimum Gasteiger partial charge on any atom is -0.366 e. The molecule has 0 saturated heterocycles. The number of terminal acetylenes is 1. The zero-order valence-electron chi connectivity index (χ0n) is 8.94. The van der Waals surface area contributed by atoms with E-state index in [4.69, 9.17) is 6.42 Å². The molecular weight excluding hydrogens is 228 g/mol. The molecule has 0 aromatic carbocycles. The summed E-state index contributed by atoms with van der Waals surface area (Å²) in [6, 6.07) is 1.14. The lowest BCUT2D eigenvalue weighted by atomic mass is 10.1. The Hall–Kier alpha value is -1.58. The summed E-state index contributed by atoms with van der Waals surface area (Å²) in [6.07, 6.45) is 7.64. The second kappa shape index (κ2) is 4.12. The van der Waals surface area contributed by atoms with Gasteiger partial charge < -0.3 is 4.98 Å². The number of aromatic amines is 1. The van der Waals surface area contributed by atoms with Crippen molar-refractivity contribution in [2.75, 3.05) is 0 Å². The highest BCUT2D eigenvalue weighted by molar-refractivity contribution is 7.89. The molecule has 0 aliphatic heterocycles. The first-order valence-electron chi connectivity index (χ1n) is 4.47. The van der Waals surface area contributed by atoms with Crippen LogP contribution in [0.3, 0.4) is 0 Å². The SMILES string of the molecule is C#CC(C)(C)NS(=O)(=O)c1c[nH]ccc1=O. The van der Waals surface area contributed by atoms with Crippen molar-refractivity contribution >= 4 is 10.0 Å². The Kier molecular flexibility index (Phi) is 3.21. The third-order valence-corrected chi connectivity index (χ3v) is 3.51. The van der Waals surface area contributed by atoms with Crippen LogP contribution in [0.5, 0.6) is 0 Å². The molecule has 2 N–H and O–H groups in total. The third-order valence-electron chi connectivity index (χ3n) is 1.83. The molecular formula is C10H12N2O3S. The first-order valence-corrected chi connectivity index (χ1v) is 5.96. The first kappa shape index (κ1) is 12.5. The van der Waals surface area contributed by atoms with Crippen LogP contribution in [0.4, 0.5) is 0 Å². The van der Waals surface area contributed by atoms with Crippen molar-refractivity contribution in [3.63, 3.8) is 0 Å². The maximum atomic E-state index is 11.8. The molecule has 1 aromatic rings. The maximum Gasteiger partial charge on any atom is 0.247 e. The van der Waals surface area contributed by atoms with Crippen LogP contribution in [0.25, 0.3) is 0 Å². The quantitative estimate of drug-likeness (QED) is 0.733. The number of hydrogen-bond acceptors (Lipinski definition) is 3. The van der Waals surface area contributed by atoms with Gasteiger partial charge in [0.15, 0.2) is 0 Å². The van der Waals surface area contributed by atoms with E-state index in [1.165, 1.54) is 20.0 Å². The van der Waals surface area contributed by atoms with E-state index >= 15 is 0 Å². The number of hydrogen-bond donors (Lipinski definition) is 2. The van der Waals surface area contributed by atoms with E-state index in [1.807, 2.05) is 0 Å². The molecule has 0 radical (unpaired) electrons. The molecule has 6 heteroatoms. The normalized spacial score (nSPS) is 12.1. The van der Waals surface area contributed by atoms with Gasteiger partial charge in [-0.05, 0) is 13.8 Å². The summed E-state index contributed by atoms with van der Waals surface area (Å²) in [5.74, 6) is 2.28. The van der Waals surface area contributed by atoms with E-state index in [-0.39, 0.29) is 4.90 Å². The smallest absolute Gasteiger partial charge is 0.247 e. The van der Waals surface area contributed by atoms with Crippen LogP contribution in [-0.2, 0) is 10.0 Å². The maximum absolute atomic E-state index is 11.8. The van der Waals surface area contributed by atoms with Gasteiger partial charge >= 0.3 is 0 Å². The second-order valence-electron chi connectivity index (χ2n) is 3.75. The van der Waals surface area contributed by atoms with Crippen molar-refractivity contribution in [1.29, 1.82) is 0 Å². The highest BCUT2D eigenvalue weighted by Crippen LogP contribution is 2.07. The molecule has 1 heterocycles. The molecule has 0 fully saturated rings. The van der Waals surface area contributed by atoms with Crippen molar-refractivity contribution < 1.29 is 8.42 Å². The van der Waals surface area contributed by atoms with E-state index in [2.05, 4.69) is 15.6 Å². The van der Waals surface area contributed by atoms with Gasteiger partial charge in [-0.2, -0.15) is 4.72 Å². The summed E-state index contributed by atoms with van der Waals surface area (Å²) in [5, 5.41) is 0. The second-order valence-corrected chi connectivity index (χ2v) is 5.40. The lowest BCUT2D eigenvalue weighted by molar-refractivity contribution is 0.538. The minimum absolute atomic E-state index is 0.349. The number of nitrogens with one attached hydrogen (secondary N) is 2. The van der Waals surface area contributed by atoms with Gasteiger partial charge in [0, 0.05) is 18.5 Å². The molecule has 0 aliphatic carbocycles. The molecule has 0 atom stereocenters. The number of H-pyrrole nitrogens is 1. The van der Waals surface area contributed by atoms with Gasteiger partial charge in [-0.15, -0.1) is 6.42 Å². The van der Waals surface area contributed by atoms with E-state index in [1.54, 1.807) is 0 Å². The van der Waals surface area contributed by atoms with E-state index in [9.17, 15) is 13.2 Å². The molecule has 5 nitrogen and oxygen atoms in total. The van der Waals surface area contributed by atoms with Gasteiger partial charge in [-0.3, -0.25) is 4.79 Å². The Morgan fingerprint density at radius 1 is 1.50 bits per heavy atom. The van der Waals surface area contributed by atoms with Gasteiger partial charge in [0.25, 0.3) is 0 Å². The largest absolute Gasteiger partial charge is 0.366 e. The Morgan fingerprint density at radius 2 is 2.12 bits per heavy atom. The number of pyridine rings is 1. The molecule has 0 saturated carbocycles. The minimum atomic E-state index is -3.90. The zero-order valence-corrected chi connectivity index (χ0v) is 9.76. The van der Waals surface area contributed by atoms with Crippen LogP contribution in [0, 0.1) is 12.3 Å². The van der Waals surface area contributed by atoms with Crippen LogP contribution < -0.4 is 10.2 Å². The number of aromatic nitrogens is 1. The summed E-state index contributed by atoms with van der Waals surface area (Å²) in [6.45, 7) is 3.06. The molecule has 0 spiro atoms. The Labute approximate surface area is 93.9 Å². The Bertz CT molecular complexity index is 579. The molecule has 0 amide bonds. The first-order chi connectivity index (χ1) is 7.28. The summed E-state index contributed by atoms with van der Waals surface area (Å²) in [4.78, 5) is 13.5. The molecule has 0 aliphatic rings. The number of rotatable bonds is 3. The Balaban J connectivity index is 3.21. The lowest BCUT2D eigenvalue weighted by Gasteiger charge is -2.18. The van der Waals surface area contributed by atoms with Gasteiger partial charge in [-0.25, -0.2) is 8.42 Å². The van der Waals surface area contributed by atoms with Crippen LogP contribution in [-0.4, -0.2) is 18.9 Å². The summed E-state index contributed by atoms with van der Waals surface area (Å²) >= 11 is 0. The van der Waals surface area contributed by atoms with Gasteiger partial charge in [0.1, 0.15) is 4.90 Å². The van der Waals surface area contributed by atoms with Crippen molar-refractivity contribution in [3.8, 4) is 12.3 Å². The highest BCUT2D eigenvalue weighted by Gasteiger charge is 2.25. The van der Waals surface area contributed by atoms with Crippen LogP contribution in [0.15, 0.2) is 28.2 Å². The monoisotopic (exact) mass is 240 g/mol.